The van der Waals surface area contributed by atoms with Crippen LogP contribution < -0.4 is 5.32 Å². The van der Waals surface area contributed by atoms with Crippen LogP contribution in [0.2, 0.25) is 0 Å². The van der Waals surface area contributed by atoms with Crippen LogP contribution in [0.15, 0.2) is 24.3 Å². The van der Waals surface area contributed by atoms with Crippen LogP contribution in [-0.2, 0) is 25.5 Å². The zero-order valence-electron chi connectivity index (χ0n) is 10.3. The fourth-order valence-corrected chi connectivity index (χ4v) is 1.80. The van der Waals surface area contributed by atoms with E-state index in [4.69, 9.17) is 14.6 Å². The Labute approximate surface area is 110 Å². The molecule has 1 aromatic rings. The van der Waals surface area contributed by atoms with Gasteiger partial charge in [-0.2, -0.15) is 0 Å². The van der Waals surface area contributed by atoms with E-state index in [0.717, 1.165) is 0 Å². The van der Waals surface area contributed by atoms with E-state index in [-0.39, 0.29) is 18.9 Å². The maximum Gasteiger partial charge on any atom is 0.307 e. The van der Waals surface area contributed by atoms with Crippen molar-refractivity contribution in [2.24, 2.45) is 0 Å². The molecule has 2 rings (SSSR count). The van der Waals surface area contributed by atoms with Gasteiger partial charge in [-0.3, -0.25) is 9.59 Å². The molecule has 6 nitrogen and oxygen atoms in total. The lowest BCUT2D eigenvalue weighted by Gasteiger charge is -2.22. The van der Waals surface area contributed by atoms with Crippen LogP contribution in [0.4, 0.5) is 5.69 Å². The summed E-state index contributed by atoms with van der Waals surface area (Å²) in [4.78, 5) is 22.5. The maximum absolute atomic E-state index is 11.9. The number of carbonyl (C=O) groups is 2. The minimum absolute atomic E-state index is 0.0766. The molecule has 0 spiro atoms. The van der Waals surface area contributed by atoms with Gasteiger partial charge in [0.25, 0.3) is 5.91 Å². The summed E-state index contributed by atoms with van der Waals surface area (Å²) in [7, 11) is 0. The summed E-state index contributed by atoms with van der Waals surface area (Å²) in [6.07, 6.45) is -0.691. The first-order chi connectivity index (χ1) is 9.15. The summed E-state index contributed by atoms with van der Waals surface area (Å²) < 4.78 is 10.4. The van der Waals surface area contributed by atoms with Crippen molar-refractivity contribution in [3.05, 3.63) is 29.8 Å². The highest BCUT2D eigenvalue weighted by atomic mass is 16.6. The SMILES string of the molecule is O=C(O)Cc1cccc(NC(=O)C2COCCO2)c1. The van der Waals surface area contributed by atoms with Crippen LogP contribution >= 0.6 is 0 Å². The summed E-state index contributed by atoms with van der Waals surface area (Å²) >= 11 is 0. The number of carboxylic acid groups (broad SMARTS) is 1. The van der Waals surface area contributed by atoms with Gasteiger partial charge in [0, 0.05) is 5.69 Å². The van der Waals surface area contributed by atoms with Crippen LogP contribution in [0.1, 0.15) is 5.56 Å². The van der Waals surface area contributed by atoms with Crippen LogP contribution in [0.25, 0.3) is 0 Å². The highest BCUT2D eigenvalue weighted by Gasteiger charge is 2.22. The van der Waals surface area contributed by atoms with Gasteiger partial charge >= 0.3 is 5.97 Å². The molecule has 1 heterocycles. The van der Waals surface area contributed by atoms with Crippen LogP contribution in [-0.4, -0.2) is 42.9 Å². The highest BCUT2D eigenvalue weighted by molar-refractivity contribution is 5.94. The zero-order valence-corrected chi connectivity index (χ0v) is 10.3. The number of hydrogen-bond acceptors (Lipinski definition) is 4. The summed E-state index contributed by atoms with van der Waals surface area (Å²) in [6, 6.07) is 6.73. The van der Waals surface area contributed by atoms with E-state index < -0.39 is 12.1 Å². The fourth-order valence-electron chi connectivity index (χ4n) is 1.80. The molecule has 0 aromatic heterocycles. The number of amides is 1. The molecule has 1 aliphatic heterocycles. The predicted molar refractivity (Wildman–Crippen MR) is 67.0 cm³/mol. The van der Waals surface area contributed by atoms with Crippen LogP contribution in [0.5, 0.6) is 0 Å². The molecule has 1 fully saturated rings. The lowest BCUT2D eigenvalue weighted by molar-refractivity contribution is -0.142. The van der Waals surface area contributed by atoms with Crippen molar-refractivity contribution >= 4 is 17.6 Å². The second kappa shape index (κ2) is 6.31. The van der Waals surface area contributed by atoms with Crippen molar-refractivity contribution in [1.29, 1.82) is 0 Å². The first-order valence-corrected chi connectivity index (χ1v) is 5.96. The molecule has 0 saturated carbocycles. The van der Waals surface area contributed by atoms with E-state index >= 15 is 0 Å². The summed E-state index contributed by atoms with van der Waals surface area (Å²) in [6.45, 7) is 1.13. The molecular weight excluding hydrogens is 250 g/mol. The molecule has 0 bridgehead atoms. The topological polar surface area (TPSA) is 84.9 Å². The van der Waals surface area contributed by atoms with Crippen LogP contribution in [0, 0.1) is 0 Å². The Morgan fingerprint density at radius 2 is 2.21 bits per heavy atom. The number of carbonyl (C=O) groups excluding carboxylic acids is 1. The van der Waals surface area contributed by atoms with Crippen molar-refractivity contribution in [2.45, 2.75) is 12.5 Å². The Kier molecular flexibility index (Phi) is 4.48. The molecule has 6 heteroatoms. The van der Waals surface area contributed by atoms with E-state index in [9.17, 15) is 9.59 Å². The normalized spacial score (nSPS) is 18.8. The number of aliphatic carboxylic acids is 1. The third-order valence-corrected chi connectivity index (χ3v) is 2.66. The standard InChI is InChI=1S/C13H15NO5/c15-12(16)7-9-2-1-3-10(6-9)14-13(17)11-8-18-4-5-19-11/h1-3,6,11H,4-5,7-8H2,(H,14,17)(H,15,16). The largest absolute Gasteiger partial charge is 0.481 e. The number of hydrogen-bond donors (Lipinski definition) is 2. The molecule has 0 radical (unpaired) electrons. The Bertz CT molecular complexity index is 468. The first kappa shape index (κ1) is 13.5. The number of rotatable bonds is 4. The Morgan fingerprint density at radius 1 is 1.37 bits per heavy atom. The van der Waals surface area contributed by atoms with Crippen molar-refractivity contribution in [1.82, 2.24) is 0 Å². The molecule has 1 saturated heterocycles. The Morgan fingerprint density at radius 3 is 2.89 bits per heavy atom. The molecule has 0 aliphatic carbocycles. The van der Waals surface area contributed by atoms with Gasteiger partial charge in [0.05, 0.1) is 26.2 Å². The molecule has 1 amide bonds. The first-order valence-electron chi connectivity index (χ1n) is 5.96. The molecule has 1 aliphatic rings. The highest BCUT2D eigenvalue weighted by Crippen LogP contribution is 2.13. The maximum atomic E-state index is 11.9. The van der Waals surface area contributed by atoms with Crippen molar-refractivity contribution in [3.63, 3.8) is 0 Å². The van der Waals surface area contributed by atoms with E-state index in [1.165, 1.54) is 0 Å². The minimum atomic E-state index is -0.910. The van der Waals surface area contributed by atoms with E-state index in [0.29, 0.717) is 24.5 Å². The molecule has 1 aromatic carbocycles. The van der Waals surface area contributed by atoms with Gasteiger partial charge in [-0.05, 0) is 17.7 Å². The third kappa shape index (κ3) is 4.04. The molecule has 1 unspecified atom stereocenters. The van der Waals surface area contributed by atoms with Gasteiger partial charge in [-0.1, -0.05) is 12.1 Å². The van der Waals surface area contributed by atoms with Crippen LogP contribution in [0.3, 0.4) is 0 Å². The summed E-state index contributed by atoms with van der Waals surface area (Å²) in [5.41, 5.74) is 1.18. The van der Waals surface area contributed by atoms with E-state index in [1.807, 2.05) is 0 Å². The second-order valence-corrected chi connectivity index (χ2v) is 4.19. The molecule has 102 valence electrons. The quantitative estimate of drug-likeness (QED) is 0.835. The van der Waals surface area contributed by atoms with E-state index in [2.05, 4.69) is 5.32 Å². The second-order valence-electron chi connectivity index (χ2n) is 4.19. The average molecular weight is 265 g/mol. The van der Waals surface area contributed by atoms with Gasteiger partial charge in [-0.15, -0.1) is 0 Å². The van der Waals surface area contributed by atoms with Gasteiger partial charge in [-0.25, -0.2) is 0 Å². The average Bonchev–Trinajstić information content (AvgIpc) is 2.39. The van der Waals surface area contributed by atoms with Crippen molar-refractivity contribution in [2.75, 3.05) is 25.1 Å². The minimum Gasteiger partial charge on any atom is -0.481 e. The lowest BCUT2D eigenvalue weighted by atomic mass is 10.1. The monoisotopic (exact) mass is 265 g/mol. The summed E-state index contributed by atoms with van der Waals surface area (Å²) in [5, 5.41) is 11.4. The summed E-state index contributed by atoms with van der Waals surface area (Å²) in [5.74, 6) is -1.19. The Hall–Kier alpha value is -1.92. The number of anilines is 1. The van der Waals surface area contributed by atoms with Gasteiger partial charge in [0.15, 0.2) is 6.10 Å². The molecular formula is C13H15NO5. The molecule has 1 atom stereocenters. The number of benzene rings is 1. The van der Waals surface area contributed by atoms with Crippen molar-refractivity contribution < 1.29 is 24.2 Å². The smallest absolute Gasteiger partial charge is 0.307 e. The predicted octanol–water partition coefficient (Wildman–Crippen LogP) is 0.668. The van der Waals surface area contributed by atoms with Crippen molar-refractivity contribution in [3.8, 4) is 0 Å². The number of nitrogens with one attached hydrogen (secondary N) is 1. The number of ether oxygens (including phenoxy) is 2. The van der Waals surface area contributed by atoms with Gasteiger partial charge in [0.2, 0.25) is 0 Å². The van der Waals surface area contributed by atoms with E-state index in [1.54, 1.807) is 24.3 Å². The van der Waals surface area contributed by atoms with Gasteiger partial charge < -0.3 is 19.9 Å². The third-order valence-electron chi connectivity index (χ3n) is 2.66. The fraction of sp³-hybridized carbons (Fsp3) is 0.385. The molecule has 2 N–H and O–H groups in total. The number of carboxylic acids is 1. The lowest BCUT2D eigenvalue weighted by Crippen LogP contribution is -2.39. The van der Waals surface area contributed by atoms with Gasteiger partial charge in [0.1, 0.15) is 0 Å². The Balaban J connectivity index is 1.97. The molecule has 19 heavy (non-hydrogen) atoms. The zero-order chi connectivity index (χ0) is 13.7.